The van der Waals surface area contributed by atoms with Gasteiger partial charge < -0.3 is 24.4 Å². The lowest BCUT2D eigenvalue weighted by atomic mass is 9.83. The number of rotatable bonds is 5. The number of guanidine groups is 1. The van der Waals surface area contributed by atoms with Gasteiger partial charge in [0.1, 0.15) is 0 Å². The number of piperazine rings is 1. The zero-order valence-corrected chi connectivity index (χ0v) is 17.6. The van der Waals surface area contributed by atoms with Gasteiger partial charge in [0.15, 0.2) is 11.7 Å². The molecule has 1 saturated carbocycles. The second-order valence-electron chi connectivity index (χ2n) is 8.11. The zero-order chi connectivity index (χ0) is 19.9. The minimum atomic E-state index is -0.0300. The van der Waals surface area contributed by atoms with E-state index in [2.05, 4.69) is 34.2 Å². The summed E-state index contributed by atoms with van der Waals surface area (Å²) in [4.78, 5) is 23.4. The van der Waals surface area contributed by atoms with Gasteiger partial charge in [0.05, 0.1) is 6.26 Å². The van der Waals surface area contributed by atoms with Crippen molar-refractivity contribution in [2.45, 2.75) is 38.1 Å². The Hall–Kier alpha value is -2.02. The van der Waals surface area contributed by atoms with Gasteiger partial charge in [0, 0.05) is 45.8 Å². The first-order chi connectivity index (χ1) is 13.6. The topological polar surface area (TPSA) is 64.3 Å². The largest absolute Gasteiger partial charge is 0.459 e. The molecule has 2 heterocycles. The van der Waals surface area contributed by atoms with E-state index in [4.69, 9.17) is 4.42 Å². The Morgan fingerprint density at radius 3 is 2.46 bits per heavy atom. The van der Waals surface area contributed by atoms with E-state index in [1.807, 2.05) is 11.9 Å². The first kappa shape index (κ1) is 20.7. The van der Waals surface area contributed by atoms with Gasteiger partial charge in [-0.25, -0.2) is 0 Å². The first-order valence-corrected chi connectivity index (χ1v) is 10.5. The smallest absolute Gasteiger partial charge is 0.289 e. The Morgan fingerprint density at radius 1 is 1.21 bits per heavy atom. The van der Waals surface area contributed by atoms with Crippen molar-refractivity contribution in [3.05, 3.63) is 24.2 Å². The average molecular weight is 390 g/mol. The summed E-state index contributed by atoms with van der Waals surface area (Å²) in [5.41, 5.74) is 0. The van der Waals surface area contributed by atoms with Gasteiger partial charge >= 0.3 is 0 Å². The van der Waals surface area contributed by atoms with Crippen LogP contribution in [0.25, 0.3) is 0 Å². The number of hydrogen-bond acceptors (Lipinski definition) is 4. The van der Waals surface area contributed by atoms with Crippen molar-refractivity contribution in [3.63, 3.8) is 0 Å². The molecular weight excluding hydrogens is 354 g/mol. The van der Waals surface area contributed by atoms with Crippen LogP contribution in [0.2, 0.25) is 0 Å². The molecule has 1 saturated heterocycles. The van der Waals surface area contributed by atoms with Gasteiger partial charge in [0.25, 0.3) is 5.91 Å². The maximum absolute atomic E-state index is 12.4. The molecule has 1 aromatic heterocycles. The van der Waals surface area contributed by atoms with Crippen LogP contribution in [0.15, 0.2) is 27.8 Å². The highest BCUT2D eigenvalue weighted by molar-refractivity contribution is 5.91. The molecule has 0 bridgehead atoms. The van der Waals surface area contributed by atoms with Crippen molar-refractivity contribution in [2.75, 3.05) is 53.9 Å². The van der Waals surface area contributed by atoms with Crippen molar-refractivity contribution in [1.82, 2.24) is 20.0 Å². The number of amides is 1. The molecular formula is C21H35N5O2. The normalized spacial score (nSPS) is 20.5. The highest BCUT2D eigenvalue weighted by Crippen LogP contribution is 2.28. The molecule has 1 amide bonds. The number of nitrogens with zero attached hydrogens (tertiary/aromatic N) is 4. The van der Waals surface area contributed by atoms with Crippen LogP contribution >= 0.6 is 0 Å². The van der Waals surface area contributed by atoms with Gasteiger partial charge in [-0.2, -0.15) is 0 Å². The molecule has 0 spiro atoms. The number of likely N-dealkylation sites (N-methyl/N-ethyl adjacent to an activating group) is 1. The average Bonchev–Trinajstić information content (AvgIpc) is 3.26. The highest BCUT2D eigenvalue weighted by Gasteiger charge is 2.28. The second kappa shape index (κ2) is 9.96. The summed E-state index contributed by atoms with van der Waals surface area (Å²) in [6, 6.07) is 4.00. The standard InChI is InChI=1S/C21H35N5O2/c1-22-21(23-16-18(24(2)3)17-8-5-4-6-9-17)26-13-11-25(12-14-26)20(27)19-10-7-15-28-19/h7,10,15,17-18H,4-6,8-9,11-14,16H2,1-3H3,(H,22,23). The fourth-order valence-corrected chi connectivity index (χ4v) is 4.50. The van der Waals surface area contributed by atoms with Crippen LogP contribution in [0, 0.1) is 5.92 Å². The van der Waals surface area contributed by atoms with Crippen molar-refractivity contribution < 1.29 is 9.21 Å². The summed E-state index contributed by atoms with van der Waals surface area (Å²) in [7, 11) is 6.21. The van der Waals surface area contributed by atoms with Crippen LogP contribution in [-0.4, -0.2) is 86.5 Å². The van der Waals surface area contributed by atoms with Gasteiger partial charge in [-0.3, -0.25) is 9.79 Å². The lowest BCUT2D eigenvalue weighted by molar-refractivity contribution is 0.0657. The van der Waals surface area contributed by atoms with Crippen LogP contribution < -0.4 is 5.32 Å². The lowest BCUT2D eigenvalue weighted by Crippen LogP contribution is -2.55. The minimum Gasteiger partial charge on any atom is -0.459 e. The van der Waals surface area contributed by atoms with Crippen molar-refractivity contribution in [2.24, 2.45) is 10.9 Å². The molecule has 156 valence electrons. The van der Waals surface area contributed by atoms with Crippen molar-refractivity contribution in [3.8, 4) is 0 Å². The summed E-state index contributed by atoms with van der Waals surface area (Å²) >= 11 is 0. The van der Waals surface area contributed by atoms with E-state index in [9.17, 15) is 4.79 Å². The van der Waals surface area contributed by atoms with E-state index in [0.717, 1.165) is 31.5 Å². The zero-order valence-electron chi connectivity index (χ0n) is 17.6. The predicted molar refractivity (Wildman–Crippen MR) is 112 cm³/mol. The Bertz CT molecular complexity index is 629. The Kier molecular flexibility index (Phi) is 7.36. The number of hydrogen-bond donors (Lipinski definition) is 1. The molecule has 2 fully saturated rings. The molecule has 1 unspecified atom stereocenters. The summed E-state index contributed by atoms with van der Waals surface area (Å²) in [6.07, 6.45) is 8.30. The van der Waals surface area contributed by atoms with E-state index in [1.54, 1.807) is 18.4 Å². The van der Waals surface area contributed by atoms with Crippen LogP contribution in [0.3, 0.4) is 0 Å². The van der Waals surface area contributed by atoms with E-state index >= 15 is 0 Å². The van der Waals surface area contributed by atoms with Crippen LogP contribution in [-0.2, 0) is 0 Å². The highest BCUT2D eigenvalue weighted by atomic mass is 16.3. The van der Waals surface area contributed by atoms with Gasteiger partial charge in [-0.05, 0) is 45.0 Å². The fourth-order valence-electron chi connectivity index (χ4n) is 4.50. The van der Waals surface area contributed by atoms with E-state index in [-0.39, 0.29) is 5.91 Å². The molecule has 0 radical (unpaired) electrons. The summed E-state index contributed by atoms with van der Waals surface area (Å²) in [5.74, 6) is 2.08. The predicted octanol–water partition coefficient (Wildman–Crippen LogP) is 2.12. The molecule has 3 rings (SSSR count). The van der Waals surface area contributed by atoms with Crippen LogP contribution in [0.5, 0.6) is 0 Å². The molecule has 2 aliphatic rings. The van der Waals surface area contributed by atoms with Gasteiger partial charge in [0.2, 0.25) is 0 Å². The molecule has 1 aliphatic heterocycles. The molecule has 0 aromatic carbocycles. The fraction of sp³-hybridized carbons (Fsp3) is 0.714. The number of carbonyl (C=O) groups is 1. The third kappa shape index (κ3) is 5.07. The monoisotopic (exact) mass is 389 g/mol. The molecule has 7 nitrogen and oxygen atoms in total. The Balaban J connectivity index is 1.50. The van der Waals surface area contributed by atoms with Gasteiger partial charge in [-0.1, -0.05) is 19.3 Å². The summed E-state index contributed by atoms with van der Waals surface area (Å²) in [5, 5.41) is 3.60. The molecule has 7 heteroatoms. The third-order valence-electron chi connectivity index (χ3n) is 6.14. The number of aliphatic imine (C=N–C) groups is 1. The van der Waals surface area contributed by atoms with Crippen molar-refractivity contribution >= 4 is 11.9 Å². The van der Waals surface area contributed by atoms with E-state index in [0.29, 0.717) is 24.9 Å². The Labute approximate surface area is 168 Å². The number of nitrogens with one attached hydrogen (secondary N) is 1. The van der Waals surface area contributed by atoms with Crippen LogP contribution in [0.1, 0.15) is 42.7 Å². The summed E-state index contributed by atoms with van der Waals surface area (Å²) < 4.78 is 5.24. The summed E-state index contributed by atoms with van der Waals surface area (Å²) in [6.45, 7) is 3.83. The van der Waals surface area contributed by atoms with Crippen molar-refractivity contribution in [1.29, 1.82) is 0 Å². The maximum Gasteiger partial charge on any atom is 0.289 e. The number of carbonyl (C=O) groups excluding carboxylic acids is 1. The minimum absolute atomic E-state index is 0.0300. The third-order valence-corrected chi connectivity index (χ3v) is 6.14. The molecule has 1 N–H and O–H groups in total. The quantitative estimate of drug-likeness (QED) is 0.617. The van der Waals surface area contributed by atoms with E-state index < -0.39 is 0 Å². The number of furan rings is 1. The SMILES string of the molecule is CN=C(NCC(C1CCCCC1)N(C)C)N1CCN(C(=O)c2ccco2)CC1. The molecule has 1 atom stereocenters. The van der Waals surface area contributed by atoms with Gasteiger partial charge in [-0.15, -0.1) is 0 Å². The second-order valence-corrected chi connectivity index (χ2v) is 8.11. The van der Waals surface area contributed by atoms with E-state index in [1.165, 1.54) is 32.1 Å². The lowest BCUT2D eigenvalue weighted by Gasteiger charge is -2.38. The molecule has 1 aromatic rings. The van der Waals surface area contributed by atoms with Crippen LogP contribution in [0.4, 0.5) is 0 Å². The molecule has 1 aliphatic carbocycles. The Morgan fingerprint density at radius 2 is 1.89 bits per heavy atom. The maximum atomic E-state index is 12.4. The first-order valence-electron chi connectivity index (χ1n) is 10.5. The molecule has 28 heavy (non-hydrogen) atoms.